The van der Waals surface area contributed by atoms with E-state index in [0.29, 0.717) is 12.8 Å². The van der Waals surface area contributed by atoms with E-state index in [4.69, 9.17) is 18.6 Å². The zero-order chi connectivity index (χ0) is 36.1. The minimum atomic E-state index is -4.42. The Balaban J connectivity index is 1.42. The Morgan fingerprint density at radius 2 is 0.880 bits per heavy atom. The van der Waals surface area contributed by atoms with E-state index < -0.39 is 53.8 Å². The van der Waals surface area contributed by atoms with Gasteiger partial charge in [-0.15, -0.1) is 0 Å². The fourth-order valence-electron chi connectivity index (χ4n) is 7.44. The highest BCUT2D eigenvalue weighted by Gasteiger charge is 2.54. The molecule has 4 nitrogen and oxygen atoms in total. The molecular weight excluding hydrogens is 635 g/mol. The molecule has 9 heteroatoms. The molecule has 0 amide bonds. The van der Waals surface area contributed by atoms with Crippen molar-refractivity contribution in [2.75, 3.05) is 0 Å². The molecule has 1 aliphatic carbocycles. The maximum Gasteiger partial charge on any atom is 0.494 e. The highest BCUT2D eigenvalue weighted by Crippen LogP contribution is 2.52. The number of fused-ring (bicyclic) bond motifs is 3. The van der Waals surface area contributed by atoms with Gasteiger partial charge >= 0.3 is 20.4 Å². The van der Waals surface area contributed by atoms with Crippen LogP contribution in [0.15, 0.2) is 84.9 Å². The average Bonchev–Trinajstić information content (AvgIpc) is 3.52. The lowest BCUT2D eigenvalue weighted by molar-refractivity contribution is -0.137. The van der Waals surface area contributed by atoms with E-state index in [-0.39, 0.29) is 0 Å². The number of alkyl halides is 3. The molecular formula is C41H45B2F3O4. The smallest absolute Gasteiger partial charge is 0.399 e. The first-order valence-electron chi connectivity index (χ1n) is 17.4. The molecule has 0 spiro atoms. The van der Waals surface area contributed by atoms with Crippen LogP contribution in [-0.2, 0) is 43.1 Å². The van der Waals surface area contributed by atoms with Gasteiger partial charge in [0, 0.05) is 5.41 Å². The average molecular weight is 680 g/mol. The van der Waals surface area contributed by atoms with Gasteiger partial charge in [0.25, 0.3) is 0 Å². The molecule has 0 atom stereocenters. The molecule has 3 aliphatic rings. The molecule has 0 saturated carbocycles. The number of hydrogen-bond donors (Lipinski definition) is 0. The Morgan fingerprint density at radius 1 is 0.520 bits per heavy atom. The first-order valence-corrected chi connectivity index (χ1v) is 17.4. The van der Waals surface area contributed by atoms with E-state index in [1.54, 1.807) is 12.1 Å². The lowest BCUT2D eigenvalue weighted by Gasteiger charge is -2.34. The molecule has 0 bridgehead atoms. The van der Waals surface area contributed by atoms with Gasteiger partial charge in [0.1, 0.15) is 0 Å². The highest BCUT2D eigenvalue weighted by molar-refractivity contribution is 6.62. The molecule has 2 saturated heterocycles. The van der Waals surface area contributed by atoms with E-state index >= 15 is 0 Å². The van der Waals surface area contributed by atoms with Crippen molar-refractivity contribution in [3.05, 3.63) is 118 Å². The Kier molecular flexibility index (Phi) is 8.12. The van der Waals surface area contributed by atoms with Crippen LogP contribution in [0.5, 0.6) is 0 Å². The van der Waals surface area contributed by atoms with Gasteiger partial charge in [-0.25, -0.2) is 0 Å². The van der Waals surface area contributed by atoms with Crippen LogP contribution in [0.4, 0.5) is 13.2 Å². The van der Waals surface area contributed by atoms with Gasteiger partial charge in [-0.2, -0.15) is 13.2 Å². The summed E-state index contributed by atoms with van der Waals surface area (Å²) in [5.74, 6) is 0. The number of aryl methyl sites for hydroxylation is 1. The summed E-state index contributed by atoms with van der Waals surface area (Å²) < 4.78 is 67.1. The van der Waals surface area contributed by atoms with Gasteiger partial charge in [0.2, 0.25) is 0 Å². The maximum atomic E-state index is 13.7. The maximum absolute atomic E-state index is 13.7. The summed E-state index contributed by atoms with van der Waals surface area (Å²) >= 11 is 0. The lowest BCUT2D eigenvalue weighted by atomic mass is 9.66. The molecule has 0 aromatic heterocycles. The van der Waals surface area contributed by atoms with Crippen molar-refractivity contribution < 1.29 is 31.8 Å². The van der Waals surface area contributed by atoms with Crippen LogP contribution < -0.4 is 10.9 Å². The minimum Gasteiger partial charge on any atom is -0.399 e. The molecule has 4 aromatic rings. The Hall–Kier alpha value is -3.36. The fourth-order valence-corrected chi connectivity index (χ4v) is 7.44. The van der Waals surface area contributed by atoms with E-state index in [1.165, 1.54) is 12.1 Å². The van der Waals surface area contributed by atoms with Crippen LogP contribution in [0.25, 0.3) is 11.1 Å². The quantitative estimate of drug-likeness (QED) is 0.192. The van der Waals surface area contributed by atoms with Crippen LogP contribution in [0, 0.1) is 6.92 Å². The van der Waals surface area contributed by atoms with Crippen molar-refractivity contribution >= 4 is 25.2 Å². The monoisotopic (exact) mass is 680 g/mol. The molecule has 2 fully saturated rings. The molecule has 2 heterocycles. The van der Waals surface area contributed by atoms with Gasteiger partial charge in [-0.1, -0.05) is 78.4 Å². The first kappa shape index (κ1) is 35.1. The first-order chi connectivity index (χ1) is 23.2. The van der Waals surface area contributed by atoms with Crippen molar-refractivity contribution in [3.63, 3.8) is 0 Å². The molecule has 4 aromatic carbocycles. The third-order valence-corrected chi connectivity index (χ3v) is 11.9. The van der Waals surface area contributed by atoms with Crippen molar-refractivity contribution in [2.24, 2.45) is 0 Å². The van der Waals surface area contributed by atoms with E-state index in [0.717, 1.165) is 49.9 Å². The van der Waals surface area contributed by atoms with Crippen LogP contribution in [0.3, 0.4) is 0 Å². The van der Waals surface area contributed by atoms with Crippen molar-refractivity contribution in [2.45, 2.75) is 109 Å². The number of rotatable bonds is 6. The van der Waals surface area contributed by atoms with Crippen LogP contribution in [-0.4, -0.2) is 36.6 Å². The molecule has 0 N–H and O–H groups in total. The third kappa shape index (κ3) is 5.84. The fraction of sp³-hybridized carbons (Fsp3) is 0.415. The zero-order valence-electron chi connectivity index (χ0n) is 30.4. The predicted molar refractivity (Wildman–Crippen MR) is 194 cm³/mol. The molecule has 0 radical (unpaired) electrons. The second kappa shape index (κ2) is 11.6. The Bertz CT molecular complexity index is 1810. The normalized spacial score (nSPS) is 21.0. The number of halogens is 3. The summed E-state index contributed by atoms with van der Waals surface area (Å²) in [5, 5.41) is 0. The predicted octanol–water partition coefficient (Wildman–Crippen LogP) is 8.36. The number of hydrogen-bond acceptors (Lipinski definition) is 4. The van der Waals surface area contributed by atoms with Crippen molar-refractivity contribution in [1.29, 1.82) is 0 Å². The van der Waals surface area contributed by atoms with Gasteiger partial charge in [0.05, 0.1) is 28.0 Å². The van der Waals surface area contributed by atoms with Gasteiger partial charge < -0.3 is 18.6 Å². The molecule has 7 rings (SSSR count). The largest absolute Gasteiger partial charge is 0.494 e. The Morgan fingerprint density at radius 3 is 1.24 bits per heavy atom. The highest BCUT2D eigenvalue weighted by atomic mass is 19.4. The lowest BCUT2D eigenvalue weighted by Crippen LogP contribution is -2.41. The van der Waals surface area contributed by atoms with Crippen LogP contribution in [0.2, 0.25) is 0 Å². The number of benzene rings is 4. The topological polar surface area (TPSA) is 36.9 Å². The summed E-state index contributed by atoms with van der Waals surface area (Å²) in [6, 6.07) is 27.0. The van der Waals surface area contributed by atoms with E-state index in [1.807, 2.05) is 55.4 Å². The standard InChI is InChI=1S/C41H45B2F3O4/c1-26-10-12-27(13-11-26)24-40(25-28-14-16-29(17-15-28)41(44,45)46)34-22-30(42-47-36(2,3)37(4,5)48-42)18-20-32(34)33-21-19-31(23-35(33)40)43-49-38(6,7)39(8,9)50-43/h10-23H,24-25H2,1-9H3. The Labute approximate surface area is 295 Å². The van der Waals surface area contributed by atoms with Gasteiger partial charge in [-0.05, 0) is 132 Å². The molecule has 50 heavy (non-hydrogen) atoms. The summed E-state index contributed by atoms with van der Waals surface area (Å²) in [6.07, 6.45) is -3.33. The zero-order valence-corrected chi connectivity index (χ0v) is 30.4. The molecule has 2 aliphatic heterocycles. The summed E-state index contributed by atoms with van der Waals surface area (Å²) in [4.78, 5) is 0. The summed E-state index contributed by atoms with van der Waals surface area (Å²) in [5.41, 5.74) is 5.87. The minimum absolute atomic E-state index is 0.471. The van der Waals surface area contributed by atoms with Gasteiger partial charge in [0.15, 0.2) is 0 Å². The molecule has 260 valence electrons. The third-order valence-electron chi connectivity index (χ3n) is 11.9. The van der Waals surface area contributed by atoms with Crippen LogP contribution >= 0.6 is 0 Å². The summed E-state index contributed by atoms with van der Waals surface area (Å²) in [7, 11) is -1.14. The van der Waals surface area contributed by atoms with E-state index in [9.17, 15) is 13.2 Å². The van der Waals surface area contributed by atoms with Crippen molar-refractivity contribution in [1.82, 2.24) is 0 Å². The molecule has 0 unspecified atom stereocenters. The second-order valence-corrected chi connectivity index (χ2v) is 16.4. The van der Waals surface area contributed by atoms with Crippen LogP contribution in [0.1, 0.15) is 88.8 Å². The summed E-state index contributed by atoms with van der Waals surface area (Å²) in [6.45, 7) is 18.4. The van der Waals surface area contributed by atoms with Crippen molar-refractivity contribution in [3.8, 4) is 11.1 Å². The van der Waals surface area contributed by atoms with E-state index in [2.05, 4.69) is 67.6 Å². The van der Waals surface area contributed by atoms with Gasteiger partial charge in [-0.3, -0.25) is 0 Å². The second-order valence-electron chi connectivity index (χ2n) is 16.4. The SMILES string of the molecule is Cc1ccc(CC2(Cc3ccc(C(F)(F)F)cc3)c3cc(B4OC(C)(C)C(C)(C)O4)ccc3-c3ccc(B4OC(C)(C)C(C)(C)O4)cc32)cc1.